The lowest BCUT2D eigenvalue weighted by Crippen LogP contribution is -2.32. The zero-order valence-corrected chi connectivity index (χ0v) is 12.4. The molecule has 0 aliphatic carbocycles. The van der Waals surface area contributed by atoms with Crippen LogP contribution in [-0.2, 0) is 19.6 Å². The van der Waals surface area contributed by atoms with Crippen LogP contribution in [0.1, 0.15) is 13.8 Å². The SMILES string of the molecule is CC(=O)NC(=S)Nc1ccc(S(=O)(=O)NC(C)=O)cc1. The van der Waals surface area contributed by atoms with Crippen LogP contribution in [-0.4, -0.2) is 25.3 Å². The molecule has 1 rings (SSSR count). The number of hydrogen-bond acceptors (Lipinski definition) is 5. The van der Waals surface area contributed by atoms with Crippen molar-refractivity contribution in [2.45, 2.75) is 18.7 Å². The molecule has 1 aromatic rings. The molecule has 0 fully saturated rings. The lowest BCUT2D eigenvalue weighted by atomic mass is 10.3. The highest BCUT2D eigenvalue weighted by Gasteiger charge is 2.14. The highest BCUT2D eigenvalue weighted by molar-refractivity contribution is 7.90. The van der Waals surface area contributed by atoms with E-state index in [1.165, 1.54) is 31.2 Å². The van der Waals surface area contributed by atoms with Crippen molar-refractivity contribution in [2.75, 3.05) is 5.32 Å². The van der Waals surface area contributed by atoms with Crippen molar-refractivity contribution in [3.8, 4) is 0 Å². The Hall–Kier alpha value is -2.00. The van der Waals surface area contributed by atoms with Crippen molar-refractivity contribution in [3.63, 3.8) is 0 Å². The van der Waals surface area contributed by atoms with Crippen molar-refractivity contribution in [1.82, 2.24) is 10.0 Å². The first-order valence-corrected chi connectivity index (χ1v) is 7.32. The predicted octanol–water partition coefficient (Wildman–Crippen LogP) is 0.344. The smallest absolute Gasteiger partial charge is 0.264 e. The molecule has 0 saturated carbocycles. The monoisotopic (exact) mass is 315 g/mol. The van der Waals surface area contributed by atoms with Gasteiger partial charge in [0, 0.05) is 19.5 Å². The van der Waals surface area contributed by atoms with Crippen LogP contribution in [0.5, 0.6) is 0 Å². The number of sulfonamides is 1. The first-order chi connectivity index (χ1) is 9.20. The van der Waals surface area contributed by atoms with E-state index in [4.69, 9.17) is 12.2 Å². The minimum Gasteiger partial charge on any atom is -0.332 e. The number of carbonyl (C=O) groups excluding carboxylic acids is 2. The lowest BCUT2D eigenvalue weighted by molar-refractivity contribution is -0.118. The highest BCUT2D eigenvalue weighted by atomic mass is 32.2. The van der Waals surface area contributed by atoms with Crippen LogP contribution >= 0.6 is 12.2 Å². The van der Waals surface area contributed by atoms with Crippen LogP contribution in [0, 0.1) is 0 Å². The number of nitrogens with one attached hydrogen (secondary N) is 3. The maximum Gasteiger partial charge on any atom is 0.264 e. The summed E-state index contributed by atoms with van der Waals surface area (Å²) >= 11 is 4.86. The van der Waals surface area contributed by atoms with Gasteiger partial charge in [-0.25, -0.2) is 13.1 Å². The Kier molecular flexibility index (Phi) is 5.17. The van der Waals surface area contributed by atoms with Crippen molar-refractivity contribution in [3.05, 3.63) is 24.3 Å². The fourth-order valence-corrected chi connectivity index (χ4v) is 2.54. The Balaban J connectivity index is 2.81. The molecule has 20 heavy (non-hydrogen) atoms. The third-order valence-electron chi connectivity index (χ3n) is 1.99. The molecule has 2 amide bonds. The minimum absolute atomic E-state index is 0.0521. The van der Waals surface area contributed by atoms with E-state index in [1.807, 2.05) is 4.72 Å². The van der Waals surface area contributed by atoms with E-state index < -0.39 is 15.9 Å². The van der Waals surface area contributed by atoms with Gasteiger partial charge < -0.3 is 10.6 Å². The molecule has 0 aliphatic rings. The average molecular weight is 315 g/mol. The van der Waals surface area contributed by atoms with Gasteiger partial charge in [-0.3, -0.25) is 9.59 Å². The first kappa shape index (κ1) is 16.1. The number of rotatable bonds is 3. The summed E-state index contributed by atoms with van der Waals surface area (Å²) in [6, 6.07) is 5.54. The van der Waals surface area contributed by atoms with Crippen molar-refractivity contribution >= 4 is 44.9 Å². The summed E-state index contributed by atoms with van der Waals surface area (Å²) in [6.45, 7) is 2.43. The molecule has 0 bridgehead atoms. The Labute approximate surface area is 121 Å². The largest absolute Gasteiger partial charge is 0.332 e. The van der Waals surface area contributed by atoms with Gasteiger partial charge in [0.25, 0.3) is 10.0 Å². The van der Waals surface area contributed by atoms with E-state index in [1.54, 1.807) is 0 Å². The summed E-state index contributed by atoms with van der Waals surface area (Å²) < 4.78 is 25.2. The third kappa shape index (κ3) is 4.94. The van der Waals surface area contributed by atoms with Crippen LogP contribution < -0.4 is 15.4 Å². The second-order valence-corrected chi connectivity index (χ2v) is 5.91. The van der Waals surface area contributed by atoms with Crippen LogP contribution in [0.25, 0.3) is 0 Å². The van der Waals surface area contributed by atoms with Gasteiger partial charge in [0.2, 0.25) is 11.8 Å². The summed E-state index contributed by atoms with van der Waals surface area (Å²) in [5.41, 5.74) is 0.505. The van der Waals surface area contributed by atoms with E-state index in [9.17, 15) is 18.0 Å². The fourth-order valence-electron chi connectivity index (χ4n) is 1.29. The second kappa shape index (κ2) is 6.44. The predicted molar refractivity (Wildman–Crippen MR) is 77.5 cm³/mol. The molecule has 0 unspecified atom stereocenters. The van der Waals surface area contributed by atoms with E-state index in [2.05, 4.69) is 10.6 Å². The normalized spacial score (nSPS) is 10.5. The van der Waals surface area contributed by atoms with Crippen molar-refractivity contribution in [2.24, 2.45) is 0 Å². The second-order valence-electron chi connectivity index (χ2n) is 3.82. The quantitative estimate of drug-likeness (QED) is 0.695. The van der Waals surface area contributed by atoms with E-state index in [0.717, 1.165) is 6.92 Å². The maximum atomic E-state index is 11.7. The van der Waals surface area contributed by atoms with E-state index in [-0.39, 0.29) is 15.9 Å². The van der Waals surface area contributed by atoms with Crippen molar-refractivity contribution in [1.29, 1.82) is 0 Å². The molecule has 7 nitrogen and oxygen atoms in total. The molecular formula is C11H13N3O4S2. The standard InChI is InChI=1S/C11H13N3O4S2/c1-7(15)12-11(19)13-9-3-5-10(6-4-9)20(17,18)14-8(2)16/h3-6H,1-2H3,(H,14,16)(H2,12,13,15,19). The molecule has 108 valence electrons. The first-order valence-electron chi connectivity index (χ1n) is 5.43. The molecule has 0 aliphatic heterocycles. The summed E-state index contributed by atoms with van der Waals surface area (Å²) in [7, 11) is -3.85. The van der Waals surface area contributed by atoms with Gasteiger partial charge in [-0.2, -0.15) is 0 Å². The van der Waals surface area contributed by atoms with Crippen LogP contribution in [0.2, 0.25) is 0 Å². The van der Waals surface area contributed by atoms with Gasteiger partial charge in [-0.1, -0.05) is 0 Å². The fraction of sp³-hybridized carbons (Fsp3) is 0.182. The summed E-state index contributed by atoms with van der Waals surface area (Å²) in [4.78, 5) is 21.5. The average Bonchev–Trinajstić information content (AvgIpc) is 2.26. The number of carbonyl (C=O) groups is 2. The molecule has 0 atom stereocenters. The highest BCUT2D eigenvalue weighted by Crippen LogP contribution is 2.13. The van der Waals surface area contributed by atoms with Gasteiger partial charge in [0.05, 0.1) is 4.90 Å². The zero-order chi connectivity index (χ0) is 15.3. The van der Waals surface area contributed by atoms with Crippen LogP contribution in [0.3, 0.4) is 0 Å². The van der Waals surface area contributed by atoms with Crippen LogP contribution in [0.15, 0.2) is 29.2 Å². The van der Waals surface area contributed by atoms with E-state index >= 15 is 0 Å². The molecule has 9 heteroatoms. The number of hydrogen-bond donors (Lipinski definition) is 3. The Morgan fingerprint density at radius 3 is 2.05 bits per heavy atom. The van der Waals surface area contributed by atoms with Gasteiger partial charge in [0.1, 0.15) is 0 Å². The molecule has 0 radical (unpaired) electrons. The molecule has 0 aromatic heterocycles. The van der Waals surface area contributed by atoms with Gasteiger partial charge in [-0.05, 0) is 36.5 Å². The number of anilines is 1. The van der Waals surface area contributed by atoms with Gasteiger partial charge in [-0.15, -0.1) is 0 Å². The molecule has 1 aromatic carbocycles. The van der Waals surface area contributed by atoms with Gasteiger partial charge in [0.15, 0.2) is 5.11 Å². The maximum absolute atomic E-state index is 11.7. The van der Waals surface area contributed by atoms with Crippen LogP contribution in [0.4, 0.5) is 5.69 Å². The van der Waals surface area contributed by atoms with Gasteiger partial charge >= 0.3 is 0 Å². The number of benzene rings is 1. The molecule has 0 spiro atoms. The van der Waals surface area contributed by atoms with Crippen molar-refractivity contribution < 1.29 is 18.0 Å². The van der Waals surface area contributed by atoms with E-state index in [0.29, 0.717) is 5.69 Å². The Morgan fingerprint density at radius 2 is 1.60 bits per heavy atom. The topological polar surface area (TPSA) is 104 Å². The summed E-state index contributed by atoms with van der Waals surface area (Å²) in [6.07, 6.45) is 0. The number of thiocarbonyl (C=S) groups is 1. The Bertz CT molecular complexity index is 638. The zero-order valence-electron chi connectivity index (χ0n) is 10.8. The Morgan fingerprint density at radius 1 is 1.05 bits per heavy atom. The summed E-state index contributed by atoms with van der Waals surface area (Å²) in [5, 5.41) is 5.18. The molecular weight excluding hydrogens is 302 g/mol. The summed E-state index contributed by atoms with van der Waals surface area (Å²) in [5.74, 6) is -0.980. The number of amides is 2. The third-order valence-corrected chi connectivity index (χ3v) is 3.64. The lowest BCUT2D eigenvalue weighted by Gasteiger charge is -2.09. The molecule has 0 heterocycles. The minimum atomic E-state index is -3.85. The molecule has 0 saturated heterocycles. The molecule has 3 N–H and O–H groups in total.